The fourth-order valence-corrected chi connectivity index (χ4v) is 2.36. The first-order valence-corrected chi connectivity index (χ1v) is 7.03. The van der Waals surface area contributed by atoms with E-state index in [2.05, 4.69) is 29.8 Å². The van der Waals surface area contributed by atoms with E-state index in [1.165, 1.54) is 6.07 Å². The molecule has 17 heavy (non-hydrogen) atoms. The summed E-state index contributed by atoms with van der Waals surface area (Å²) in [4.78, 5) is 0. The molecule has 1 aromatic carbocycles. The highest BCUT2D eigenvalue weighted by Crippen LogP contribution is 2.26. The standard InChI is InChI=1S/C14H21BrFN/c1-3-5-8-14(17,4-2)10-11-9-12(16)6-7-13(11)15/h6-7,9H,3-5,8,10,17H2,1-2H3. The minimum Gasteiger partial charge on any atom is -0.325 e. The number of hydrogen-bond donors (Lipinski definition) is 1. The summed E-state index contributed by atoms with van der Waals surface area (Å²) in [6.45, 7) is 4.26. The van der Waals surface area contributed by atoms with Gasteiger partial charge in [-0.15, -0.1) is 0 Å². The first-order chi connectivity index (χ1) is 8.00. The first kappa shape index (κ1) is 14.7. The summed E-state index contributed by atoms with van der Waals surface area (Å²) in [5.74, 6) is -0.197. The molecule has 1 unspecified atom stereocenters. The molecule has 0 aliphatic carbocycles. The van der Waals surface area contributed by atoms with E-state index in [0.717, 1.165) is 42.1 Å². The second kappa shape index (κ2) is 6.50. The van der Waals surface area contributed by atoms with Crippen LogP contribution in [-0.4, -0.2) is 5.54 Å². The number of halogens is 2. The second-order valence-electron chi connectivity index (χ2n) is 4.73. The Kier molecular flexibility index (Phi) is 5.60. The minimum atomic E-state index is -0.216. The molecule has 1 atom stereocenters. The van der Waals surface area contributed by atoms with E-state index in [1.807, 2.05) is 0 Å². The summed E-state index contributed by atoms with van der Waals surface area (Å²) >= 11 is 3.46. The van der Waals surface area contributed by atoms with E-state index in [0.29, 0.717) is 0 Å². The highest BCUT2D eigenvalue weighted by Gasteiger charge is 2.23. The van der Waals surface area contributed by atoms with E-state index in [-0.39, 0.29) is 11.4 Å². The molecule has 3 heteroatoms. The predicted molar refractivity (Wildman–Crippen MR) is 74.5 cm³/mol. The van der Waals surface area contributed by atoms with Gasteiger partial charge in [-0.05, 0) is 43.0 Å². The molecule has 0 saturated carbocycles. The van der Waals surface area contributed by atoms with E-state index in [9.17, 15) is 4.39 Å². The molecule has 0 bridgehead atoms. The lowest BCUT2D eigenvalue weighted by Gasteiger charge is -2.28. The van der Waals surface area contributed by atoms with E-state index >= 15 is 0 Å². The Hall–Kier alpha value is -0.410. The fraction of sp³-hybridized carbons (Fsp3) is 0.571. The van der Waals surface area contributed by atoms with Crippen LogP contribution in [0.25, 0.3) is 0 Å². The van der Waals surface area contributed by atoms with Gasteiger partial charge in [0.05, 0.1) is 0 Å². The van der Waals surface area contributed by atoms with Gasteiger partial charge in [-0.3, -0.25) is 0 Å². The molecule has 0 fully saturated rings. The Morgan fingerprint density at radius 3 is 2.65 bits per heavy atom. The van der Waals surface area contributed by atoms with Gasteiger partial charge < -0.3 is 5.73 Å². The maximum Gasteiger partial charge on any atom is 0.123 e. The van der Waals surface area contributed by atoms with Crippen molar-refractivity contribution in [3.63, 3.8) is 0 Å². The second-order valence-corrected chi connectivity index (χ2v) is 5.59. The summed E-state index contributed by atoms with van der Waals surface area (Å²) in [5.41, 5.74) is 7.14. The van der Waals surface area contributed by atoms with Crippen LogP contribution < -0.4 is 5.73 Å². The summed E-state index contributed by atoms with van der Waals surface area (Å²) in [6, 6.07) is 4.79. The Balaban J connectivity index is 2.82. The zero-order valence-corrected chi connectivity index (χ0v) is 12.2. The normalized spacial score (nSPS) is 14.6. The summed E-state index contributed by atoms with van der Waals surface area (Å²) in [5, 5.41) is 0. The molecule has 0 aromatic heterocycles. The lowest BCUT2D eigenvalue weighted by Crippen LogP contribution is -2.41. The average Bonchev–Trinajstić information content (AvgIpc) is 2.31. The lowest BCUT2D eigenvalue weighted by molar-refractivity contribution is 0.364. The van der Waals surface area contributed by atoms with Crippen molar-refractivity contribution in [3.8, 4) is 0 Å². The van der Waals surface area contributed by atoms with Crippen molar-refractivity contribution in [2.24, 2.45) is 5.73 Å². The van der Waals surface area contributed by atoms with Gasteiger partial charge in [0.25, 0.3) is 0 Å². The smallest absolute Gasteiger partial charge is 0.123 e. The molecule has 0 spiro atoms. The van der Waals surface area contributed by atoms with Gasteiger partial charge >= 0.3 is 0 Å². The van der Waals surface area contributed by atoms with Crippen LogP contribution in [0.3, 0.4) is 0 Å². The van der Waals surface area contributed by atoms with Crippen LogP contribution in [0, 0.1) is 5.82 Å². The Morgan fingerprint density at radius 1 is 1.35 bits per heavy atom. The van der Waals surface area contributed by atoms with Crippen molar-refractivity contribution in [2.75, 3.05) is 0 Å². The van der Waals surface area contributed by atoms with Gasteiger partial charge in [-0.25, -0.2) is 4.39 Å². The first-order valence-electron chi connectivity index (χ1n) is 6.23. The highest BCUT2D eigenvalue weighted by atomic mass is 79.9. The maximum atomic E-state index is 13.2. The zero-order valence-electron chi connectivity index (χ0n) is 10.6. The molecule has 1 aromatic rings. The minimum absolute atomic E-state index is 0.197. The van der Waals surface area contributed by atoms with E-state index < -0.39 is 0 Å². The summed E-state index contributed by atoms with van der Waals surface area (Å²) in [6.07, 6.45) is 4.89. The van der Waals surface area contributed by atoms with Gasteiger partial charge in [0, 0.05) is 10.0 Å². The predicted octanol–water partition coefficient (Wildman–Crippen LogP) is 4.43. The van der Waals surface area contributed by atoms with Crippen LogP contribution in [0.4, 0.5) is 4.39 Å². The maximum absolute atomic E-state index is 13.2. The molecule has 0 aliphatic heterocycles. The molecule has 1 nitrogen and oxygen atoms in total. The Morgan fingerprint density at radius 2 is 2.06 bits per heavy atom. The molecule has 0 amide bonds. The zero-order chi connectivity index (χ0) is 12.9. The van der Waals surface area contributed by atoms with Gasteiger partial charge in [0.2, 0.25) is 0 Å². The molecular formula is C14H21BrFN. The van der Waals surface area contributed by atoms with Gasteiger partial charge in [-0.2, -0.15) is 0 Å². The van der Waals surface area contributed by atoms with Crippen molar-refractivity contribution in [1.82, 2.24) is 0 Å². The quantitative estimate of drug-likeness (QED) is 0.826. The third kappa shape index (κ3) is 4.40. The molecule has 1 rings (SSSR count). The summed E-state index contributed by atoms with van der Waals surface area (Å²) in [7, 11) is 0. The average molecular weight is 302 g/mol. The molecule has 2 N–H and O–H groups in total. The van der Waals surface area contributed by atoms with Gasteiger partial charge in [-0.1, -0.05) is 42.6 Å². The fourth-order valence-electron chi connectivity index (χ4n) is 1.98. The van der Waals surface area contributed by atoms with Crippen LogP contribution in [-0.2, 0) is 6.42 Å². The number of benzene rings is 1. The van der Waals surface area contributed by atoms with Crippen LogP contribution in [0.2, 0.25) is 0 Å². The van der Waals surface area contributed by atoms with Gasteiger partial charge in [0.1, 0.15) is 5.82 Å². The number of hydrogen-bond acceptors (Lipinski definition) is 1. The van der Waals surface area contributed by atoms with E-state index in [1.54, 1.807) is 12.1 Å². The van der Waals surface area contributed by atoms with Crippen LogP contribution in [0.15, 0.2) is 22.7 Å². The Labute approximate surface area is 112 Å². The van der Waals surface area contributed by atoms with E-state index in [4.69, 9.17) is 5.73 Å². The number of rotatable bonds is 6. The molecule has 0 radical (unpaired) electrons. The van der Waals surface area contributed by atoms with Crippen LogP contribution in [0.1, 0.15) is 45.1 Å². The van der Waals surface area contributed by atoms with Gasteiger partial charge in [0.15, 0.2) is 0 Å². The highest BCUT2D eigenvalue weighted by molar-refractivity contribution is 9.10. The third-order valence-electron chi connectivity index (χ3n) is 3.28. The largest absolute Gasteiger partial charge is 0.325 e. The van der Waals surface area contributed by atoms with Crippen molar-refractivity contribution >= 4 is 15.9 Å². The third-order valence-corrected chi connectivity index (χ3v) is 4.06. The number of nitrogens with two attached hydrogens (primary N) is 1. The van der Waals surface area contributed by atoms with Crippen LogP contribution >= 0.6 is 15.9 Å². The van der Waals surface area contributed by atoms with Crippen molar-refractivity contribution in [1.29, 1.82) is 0 Å². The Bertz CT molecular complexity index is 367. The monoisotopic (exact) mass is 301 g/mol. The van der Waals surface area contributed by atoms with Crippen molar-refractivity contribution < 1.29 is 4.39 Å². The lowest BCUT2D eigenvalue weighted by atomic mass is 9.84. The molecule has 0 heterocycles. The number of unbranched alkanes of at least 4 members (excludes halogenated alkanes) is 1. The SMILES string of the molecule is CCCCC(N)(CC)Cc1cc(F)ccc1Br. The van der Waals surface area contributed by atoms with Crippen molar-refractivity contribution in [3.05, 3.63) is 34.1 Å². The van der Waals surface area contributed by atoms with Crippen LogP contribution in [0.5, 0.6) is 0 Å². The van der Waals surface area contributed by atoms with Crippen molar-refractivity contribution in [2.45, 2.75) is 51.5 Å². The summed E-state index contributed by atoms with van der Waals surface area (Å²) < 4.78 is 14.2. The molecule has 0 saturated heterocycles. The molecule has 0 aliphatic rings. The topological polar surface area (TPSA) is 26.0 Å². The molecular weight excluding hydrogens is 281 g/mol. The molecule has 96 valence electrons.